The Morgan fingerprint density at radius 1 is 1.26 bits per heavy atom. The van der Waals surface area contributed by atoms with E-state index >= 15 is 0 Å². The summed E-state index contributed by atoms with van der Waals surface area (Å²) in [6.07, 6.45) is 1.41. The molecule has 2 aromatic heterocycles. The lowest BCUT2D eigenvalue weighted by molar-refractivity contribution is 0.0176. The van der Waals surface area contributed by atoms with Gasteiger partial charge in [-0.3, -0.25) is 9.78 Å². The van der Waals surface area contributed by atoms with Crippen molar-refractivity contribution in [3.63, 3.8) is 0 Å². The van der Waals surface area contributed by atoms with Crippen molar-refractivity contribution < 1.29 is 8.78 Å². The maximum absolute atomic E-state index is 13.6. The van der Waals surface area contributed by atoms with E-state index in [-0.39, 0.29) is 27.3 Å². The second-order valence-corrected chi connectivity index (χ2v) is 5.43. The van der Waals surface area contributed by atoms with Crippen LogP contribution in [0, 0.1) is 0 Å². The number of fused-ring (bicyclic) bond motifs is 1. The monoisotopic (exact) mass is 337 g/mol. The van der Waals surface area contributed by atoms with Gasteiger partial charge in [-0.15, -0.1) is 0 Å². The fourth-order valence-electron chi connectivity index (χ4n) is 2.26. The van der Waals surface area contributed by atoms with Crippen LogP contribution < -0.4 is 11.2 Å². The number of pyridine rings is 1. The molecule has 0 spiro atoms. The summed E-state index contributed by atoms with van der Waals surface area (Å²) in [6, 6.07) is 6.55. The lowest BCUT2D eigenvalue weighted by atomic mass is 10.1. The lowest BCUT2D eigenvalue weighted by Gasteiger charge is -2.14. The summed E-state index contributed by atoms with van der Waals surface area (Å²) in [6.45, 7) is 0.734. The van der Waals surface area contributed by atoms with Crippen LogP contribution in [0.2, 0.25) is 5.02 Å². The zero-order valence-electron chi connectivity index (χ0n) is 11.8. The number of rotatable bonds is 2. The van der Waals surface area contributed by atoms with Crippen molar-refractivity contribution in [2.24, 2.45) is 0 Å². The van der Waals surface area contributed by atoms with Crippen LogP contribution in [0.15, 0.2) is 46.1 Å². The Kier molecular flexibility index (Phi) is 3.52. The van der Waals surface area contributed by atoms with E-state index in [1.165, 1.54) is 18.3 Å². The number of hydrogen-bond donors (Lipinski definition) is 1. The summed E-state index contributed by atoms with van der Waals surface area (Å²) >= 11 is 6.04. The number of aromatic amines is 1. The first-order chi connectivity index (χ1) is 10.8. The van der Waals surface area contributed by atoms with Crippen molar-refractivity contribution in [3.05, 3.63) is 68.0 Å². The molecular weight excluding hydrogens is 328 g/mol. The second-order valence-electron chi connectivity index (χ2n) is 5.02. The molecule has 2 heterocycles. The van der Waals surface area contributed by atoms with Gasteiger partial charge in [0, 0.05) is 18.7 Å². The average molecular weight is 338 g/mol. The molecule has 0 fully saturated rings. The Morgan fingerprint density at radius 2 is 2.00 bits per heavy atom. The molecule has 0 aliphatic heterocycles. The summed E-state index contributed by atoms with van der Waals surface area (Å²) in [5, 5.41) is 0.232. The van der Waals surface area contributed by atoms with Gasteiger partial charge >= 0.3 is 5.69 Å². The predicted octanol–water partition coefficient (Wildman–Crippen LogP) is 2.84. The molecule has 3 rings (SSSR count). The summed E-state index contributed by atoms with van der Waals surface area (Å²) in [5.74, 6) is -3.07. The molecule has 0 saturated heterocycles. The summed E-state index contributed by atoms with van der Waals surface area (Å²) in [5.41, 5.74) is -1.78. The predicted molar refractivity (Wildman–Crippen MR) is 82.5 cm³/mol. The highest BCUT2D eigenvalue weighted by molar-refractivity contribution is 6.32. The van der Waals surface area contributed by atoms with Gasteiger partial charge in [-0.2, -0.15) is 0 Å². The highest BCUT2D eigenvalue weighted by atomic mass is 35.5. The molecule has 0 aliphatic rings. The molecule has 3 aromatic rings. The van der Waals surface area contributed by atoms with Crippen molar-refractivity contribution in [3.8, 4) is 5.82 Å². The van der Waals surface area contributed by atoms with Gasteiger partial charge in [-0.1, -0.05) is 17.7 Å². The summed E-state index contributed by atoms with van der Waals surface area (Å²) in [7, 11) is 0. The van der Waals surface area contributed by atoms with Crippen LogP contribution in [0.4, 0.5) is 8.78 Å². The normalized spacial score (nSPS) is 11.8. The second kappa shape index (κ2) is 5.27. The van der Waals surface area contributed by atoms with Crippen molar-refractivity contribution in [1.82, 2.24) is 14.5 Å². The Labute approximate surface area is 133 Å². The van der Waals surface area contributed by atoms with Crippen LogP contribution in [-0.2, 0) is 5.92 Å². The molecule has 0 unspecified atom stereocenters. The molecule has 0 saturated carbocycles. The Bertz CT molecular complexity index is 1020. The highest BCUT2D eigenvalue weighted by Crippen LogP contribution is 2.29. The Hall–Kier alpha value is -2.54. The lowest BCUT2D eigenvalue weighted by Crippen LogP contribution is -2.30. The minimum absolute atomic E-state index is 0.0124. The average Bonchev–Trinajstić information content (AvgIpc) is 2.47. The smallest absolute Gasteiger partial charge is 0.273 e. The largest absolute Gasteiger partial charge is 0.334 e. The van der Waals surface area contributed by atoms with E-state index in [9.17, 15) is 18.4 Å². The molecule has 23 heavy (non-hydrogen) atoms. The van der Waals surface area contributed by atoms with Gasteiger partial charge in [0.1, 0.15) is 0 Å². The number of alkyl halides is 2. The molecule has 1 N–H and O–H groups in total. The SMILES string of the molecule is CC(F)(F)c1ccc2c(=O)[nH]c(=O)n(-c3ncccc3Cl)c2c1. The van der Waals surface area contributed by atoms with Crippen LogP contribution in [0.5, 0.6) is 0 Å². The number of benzene rings is 1. The van der Waals surface area contributed by atoms with Crippen molar-refractivity contribution in [2.75, 3.05) is 0 Å². The van der Waals surface area contributed by atoms with E-state index in [0.717, 1.165) is 23.6 Å². The number of nitrogens with zero attached hydrogens (tertiary/aromatic N) is 2. The fraction of sp³-hybridized carbons (Fsp3) is 0.133. The van der Waals surface area contributed by atoms with Gasteiger partial charge in [0.15, 0.2) is 5.82 Å². The molecule has 5 nitrogen and oxygen atoms in total. The minimum Gasteiger partial charge on any atom is -0.273 e. The van der Waals surface area contributed by atoms with Crippen molar-refractivity contribution in [1.29, 1.82) is 0 Å². The first-order valence-corrected chi connectivity index (χ1v) is 6.95. The van der Waals surface area contributed by atoms with Gasteiger partial charge in [0.25, 0.3) is 11.5 Å². The maximum atomic E-state index is 13.6. The van der Waals surface area contributed by atoms with Gasteiger partial charge in [-0.05, 0) is 24.3 Å². The molecule has 8 heteroatoms. The quantitative estimate of drug-likeness (QED) is 0.782. The fourth-order valence-corrected chi connectivity index (χ4v) is 2.47. The van der Waals surface area contributed by atoms with Gasteiger partial charge in [-0.25, -0.2) is 23.1 Å². The molecule has 118 valence electrons. The van der Waals surface area contributed by atoms with Crippen LogP contribution in [-0.4, -0.2) is 14.5 Å². The number of H-pyrrole nitrogens is 1. The Morgan fingerprint density at radius 3 is 2.65 bits per heavy atom. The van der Waals surface area contributed by atoms with Gasteiger partial charge in [0.2, 0.25) is 0 Å². The van der Waals surface area contributed by atoms with Crippen LogP contribution in [0.25, 0.3) is 16.7 Å². The number of halogens is 3. The van der Waals surface area contributed by atoms with Crippen LogP contribution >= 0.6 is 11.6 Å². The topological polar surface area (TPSA) is 67.8 Å². The molecule has 0 radical (unpaired) electrons. The summed E-state index contributed by atoms with van der Waals surface area (Å²) < 4.78 is 28.2. The molecule has 1 aromatic carbocycles. The van der Waals surface area contributed by atoms with E-state index in [2.05, 4.69) is 9.97 Å². The Balaban J connectivity index is 2.48. The molecular formula is C15H10ClF2N3O2. The van der Waals surface area contributed by atoms with Gasteiger partial charge < -0.3 is 0 Å². The number of nitrogens with one attached hydrogen (secondary N) is 1. The van der Waals surface area contributed by atoms with E-state index in [1.54, 1.807) is 6.07 Å². The highest BCUT2D eigenvalue weighted by Gasteiger charge is 2.25. The van der Waals surface area contributed by atoms with Gasteiger partial charge in [0.05, 0.1) is 15.9 Å². The van der Waals surface area contributed by atoms with Crippen molar-refractivity contribution in [2.45, 2.75) is 12.8 Å². The zero-order chi connectivity index (χ0) is 16.8. The summed E-state index contributed by atoms with van der Waals surface area (Å²) in [4.78, 5) is 30.2. The number of hydrogen-bond acceptors (Lipinski definition) is 3. The number of aromatic nitrogens is 3. The third-order valence-electron chi connectivity index (χ3n) is 3.36. The first kappa shape index (κ1) is 15.4. The molecule has 0 atom stereocenters. The third-order valence-corrected chi connectivity index (χ3v) is 3.66. The van der Waals surface area contributed by atoms with E-state index < -0.39 is 17.2 Å². The van der Waals surface area contributed by atoms with Crippen LogP contribution in [0.3, 0.4) is 0 Å². The maximum Gasteiger partial charge on any atom is 0.334 e. The van der Waals surface area contributed by atoms with E-state index in [0.29, 0.717) is 0 Å². The molecule has 0 bridgehead atoms. The third kappa shape index (κ3) is 2.63. The first-order valence-electron chi connectivity index (χ1n) is 6.57. The molecule has 0 aliphatic carbocycles. The molecule has 0 amide bonds. The minimum atomic E-state index is -3.12. The van der Waals surface area contributed by atoms with E-state index in [4.69, 9.17) is 11.6 Å². The zero-order valence-corrected chi connectivity index (χ0v) is 12.6. The van der Waals surface area contributed by atoms with Crippen LogP contribution in [0.1, 0.15) is 12.5 Å². The van der Waals surface area contributed by atoms with Crippen molar-refractivity contribution >= 4 is 22.5 Å². The standard InChI is InChI=1S/C15H10ClF2N3O2/c1-15(17,18)8-4-5-9-11(7-8)21(14(23)20-13(9)22)12-10(16)3-2-6-19-12/h2-7H,1H3,(H,20,22,23). The van der Waals surface area contributed by atoms with E-state index in [1.807, 2.05) is 0 Å².